The van der Waals surface area contributed by atoms with Gasteiger partial charge in [0.2, 0.25) is 0 Å². The second-order valence-electron chi connectivity index (χ2n) is 8.11. The molecule has 0 amide bonds. The van der Waals surface area contributed by atoms with Gasteiger partial charge in [-0.1, -0.05) is 54.6 Å². The maximum Gasteiger partial charge on any atom is 0.195 e. The molecule has 0 radical (unpaired) electrons. The topological polar surface area (TPSA) is 47.9 Å². The van der Waals surface area contributed by atoms with E-state index in [-0.39, 0.29) is 6.10 Å². The summed E-state index contributed by atoms with van der Waals surface area (Å²) in [5.74, 6) is -0.435. The van der Waals surface area contributed by atoms with Crippen LogP contribution in [0.5, 0.6) is 5.75 Å². The highest BCUT2D eigenvalue weighted by atomic mass is 16.6. The summed E-state index contributed by atoms with van der Waals surface area (Å²) in [5.41, 5.74) is 5.46. The van der Waals surface area contributed by atoms with Crippen molar-refractivity contribution in [2.24, 2.45) is 0 Å². The largest absolute Gasteiger partial charge is 0.494 e. The van der Waals surface area contributed by atoms with Crippen molar-refractivity contribution in [2.75, 3.05) is 13.2 Å². The minimum absolute atomic E-state index is 0.138. The summed E-state index contributed by atoms with van der Waals surface area (Å²) in [6.07, 6.45) is 1.07. The highest BCUT2D eigenvalue weighted by molar-refractivity contribution is 5.38. The Balaban J connectivity index is 1.43. The molecular formula is C27H30O4. The van der Waals surface area contributed by atoms with E-state index in [2.05, 4.69) is 31.2 Å². The third-order valence-electron chi connectivity index (χ3n) is 5.77. The van der Waals surface area contributed by atoms with Crippen molar-refractivity contribution in [3.05, 3.63) is 101 Å². The fourth-order valence-electron chi connectivity index (χ4n) is 3.95. The van der Waals surface area contributed by atoms with Crippen LogP contribution in [0.15, 0.2) is 72.8 Å². The van der Waals surface area contributed by atoms with Crippen LogP contribution >= 0.6 is 0 Å². The monoisotopic (exact) mass is 418 g/mol. The standard InChI is InChI=1S/C27H30O4/c1-3-29-25-13-10-21(11-14-25)15-23-16-24(12-9-20(23)2)27(28)17-26(19-31-27)30-18-22-7-5-4-6-8-22/h4-14,16,26,28H,3,15,17-19H2,1-2H3. The van der Waals surface area contributed by atoms with Gasteiger partial charge in [-0.2, -0.15) is 0 Å². The van der Waals surface area contributed by atoms with Crippen LogP contribution in [-0.4, -0.2) is 24.4 Å². The molecule has 0 bridgehead atoms. The van der Waals surface area contributed by atoms with Gasteiger partial charge in [-0.15, -0.1) is 0 Å². The molecule has 1 aliphatic heterocycles. The average molecular weight is 419 g/mol. The fourth-order valence-corrected chi connectivity index (χ4v) is 3.95. The van der Waals surface area contributed by atoms with Crippen molar-refractivity contribution in [2.45, 2.75) is 45.2 Å². The van der Waals surface area contributed by atoms with Crippen LogP contribution in [0.4, 0.5) is 0 Å². The molecule has 1 heterocycles. The molecule has 0 aromatic heterocycles. The van der Waals surface area contributed by atoms with Crippen molar-refractivity contribution in [3.8, 4) is 5.75 Å². The van der Waals surface area contributed by atoms with Crippen LogP contribution in [0.2, 0.25) is 0 Å². The van der Waals surface area contributed by atoms with Gasteiger partial charge in [0.05, 0.1) is 25.9 Å². The first-order chi connectivity index (χ1) is 15.1. The van der Waals surface area contributed by atoms with Gasteiger partial charge in [-0.25, -0.2) is 0 Å². The molecule has 3 aromatic carbocycles. The SMILES string of the molecule is CCOc1ccc(Cc2cc(C3(O)CC(OCc4ccccc4)CO3)ccc2C)cc1. The minimum atomic E-state index is -1.32. The van der Waals surface area contributed by atoms with E-state index in [9.17, 15) is 5.11 Å². The minimum Gasteiger partial charge on any atom is -0.494 e. The second kappa shape index (κ2) is 9.65. The first kappa shape index (κ1) is 21.6. The molecule has 2 atom stereocenters. The molecule has 31 heavy (non-hydrogen) atoms. The zero-order valence-corrected chi connectivity index (χ0v) is 18.2. The summed E-state index contributed by atoms with van der Waals surface area (Å²) < 4.78 is 17.4. The van der Waals surface area contributed by atoms with Gasteiger partial charge in [0.15, 0.2) is 5.79 Å². The highest BCUT2D eigenvalue weighted by Gasteiger charge is 2.41. The maximum atomic E-state index is 11.2. The molecule has 1 saturated heterocycles. The van der Waals surface area contributed by atoms with Crippen LogP contribution in [0.1, 0.15) is 41.2 Å². The molecule has 0 spiro atoms. The normalized spacial score (nSPS) is 20.7. The highest BCUT2D eigenvalue weighted by Crippen LogP contribution is 2.36. The average Bonchev–Trinajstić information content (AvgIpc) is 3.18. The van der Waals surface area contributed by atoms with Crippen LogP contribution in [-0.2, 0) is 28.3 Å². The molecule has 3 aromatic rings. The molecule has 4 rings (SSSR count). The molecule has 2 unspecified atom stereocenters. The Kier molecular flexibility index (Phi) is 6.71. The van der Waals surface area contributed by atoms with Gasteiger partial charge in [-0.3, -0.25) is 0 Å². The summed E-state index contributed by atoms with van der Waals surface area (Å²) in [7, 11) is 0. The van der Waals surface area contributed by atoms with Crippen molar-refractivity contribution in [1.29, 1.82) is 0 Å². The molecule has 1 fully saturated rings. The Bertz CT molecular complexity index is 984. The summed E-state index contributed by atoms with van der Waals surface area (Å²) in [4.78, 5) is 0. The zero-order valence-electron chi connectivity index (χ0n) is 18.2. The lowest BCUT2D eigenvalue weighted by Gasteiger charge is -2.23. The fraction of sp³-hybridized carbons (Fsp3) is 0.333. The van der Waals surface area contributed by atoms with Gasteiger partial charge in [-0.05, 0) is 60.7 Å². The van der Waals surface area contributed by atoms with Crippen molar-refractivity contribution in [1.82, 2.24) is 0 Å². The van der Waals surface area contributed by atoms with Crippen LogP contribution in [0.25, 0.3) is 0 Å². The Hall–Kier alpha value is -2.66. The summed E-state index contributed by atoms with van der Waals surface area (Å²) in [6.45, 7) is 5.64. The molecular weight excluding hydrogens is 388 g/mol. The first-order valence-electron chi connectivity index (χ1n) is 10.9. The smallest absolute Gasteiger partial charge is 0.195 e. The summed E-state index contributed by atoms with van der Waals surface area (Å²) >= 11 is 0. The number of benzene rings is 3. The number of aryl methyl sites for hydroxylation is 1. The van der Waals surface area contributed by atoms with Crippen molar-refractivity contribution >= 4 is 0 Å². The zero-order chi connectivity index (χ0) is 21.7. The molecule has 4 heteroatoms. The predicted octanol–water partition coefficient (Wildman–Crippen LogP) is 5.14. The Morgan fingerprint density at radius 3 is 2.52 bits per heavy atom. The van der Waals surface area contributed by atoms with E-state index in [0.29, 0.717) is 26.2 Å². The number of ether oxygens (including phenoxy) is 3. The molecule has 1 N–H and O–H groups in total. The molecule has 0 saturated carbocycles. The lowest BCUT2D eigenvalue weighted by Crippen LogP contribution is -2.25. The summed E-state index contributed by atoms with van der Waals surface area (Å²) in [6, 6.07) is 24.3. The van der Waals surface area contributed by atoms with E-state index in [1.807, 2.05) is 55.5 Å². The second-order valence-corrected chi connectivity index (χ2v) is 8.11. The van der Waals surface area contributed by atoms with E-state index in [0.717, 1.165) is 23.3 Å². The van der Waals surface area contributed by atoms with Crippen molar-refractivity contribution in [3.63, 3.8) is 0 Å². The van der Waals surface area contributed by atoms with Crippen molar-refractivity contribution < 1.29 is 19.3 Å². The predicted molar refractivity (Wildman–Crippen MR) is 121 cm³/mol. The Morgan fingerprint density at radius 1 is 1.00 bits per heavy atom. The lowest BCUT2D eigenvalue weighted by atomic mass is 9.94. The molecule has 0 aliphatic carbocycles. The van der Waals surface area contributed by atoms with E-state index in [1.165, 1.54) is 16.7 Å². The third-order valence-corrected chi connectivity index (χ3v) is 5.77. The first-order valence-corrected chi connectivity index (χ1v) is 10.9. The Morgan fingerprint density at radius 2 is 1.77 bits per heavy atom. The summed E-state index contributed by atoms with van der Waals surface area (Å²) in [5, 5.41) is 11.2. The van der Waals surface area contributed by atoms with Crippen LogP contribution < -0.4 is 4.74 Å². The third kappa shape index (κ3) is 5.34. The molecule has 4 nitrogen and oxygen atoms in total. The number of hydrogen-bond acceptors (Lipinski definition) is 4. The van der Waals surface area contributed by atoms with Gasteiger partial charge >= 0.3 is 0 Å². The quantitative estimate of drug-likeness (QED) is 0.551. The number of aliphatic hydroxyl groups is 1. The Labute approximate surface area is 184 Å². The molecule has 162 valence electrons. The molecule has 1 aliphatic rings. The van der Waals surface area contributed by atoms with E-state index in [1.54, 1.807) is 0 Å². The van der Waals surface area contributed by atoms with Crippen LogP contribution in [0.3, 0.4) is 0 Å². The van der Waals surface area contributed by atoms with E-state index in [4.69, 9.17) is 14.2 Å². The van der Waals surface area contributed by atoms with Gasteiger partial charge < -0.3 is 19.3 Å². The lowest BCUT2D eigenvalue weighted by molar-refractivity contribution is -0.179. The van der Waals surface area contributed by atoms with E-state index >= 15 is 0 Å². The van der Waals surface area contributed by atoms with Gasteiger partial charge in [0.25, 0.3) is 0 Å². The van der Waals surface area contributed by atoms with E-state index < -0.39 is 5.79 Å². The van der Waals surface area contributed by atoms with Crippen LogP contribution in [0, 0.1) is 6.92 Å². The van der Waals surface area contributed by atoms with Gasteiger partial charge in [0, 0.05) is 12.0 Å². The number of rotatable bonds is 8. The number of hydrogen-bond donors (Lipinski definition) is 1. The maximum absolute atomic E-state index is 11.2. The van der Waals surface area contributed by atoms with Gasteiger partial charge in [0.1, 0.15) is 5.75 Å².